The van der Waals surface area contributed by atoms with Crippen molar-refractivity contribution in [3.05, 3.63) is 34.6 Å². The van der Waals surface area contributed by atoms with Crippen LogP contribution in [0, 0.1) is 20.8 Å². The highest BCUT2D eigenvalue weighted by Crippen LogP contribution is 2.39. The number of aromatic amines is 1. The first-order valence-corrected chi connectivity index (χ1v) is 8.13. The maximum Gasteiger partial charge on any atom is 0.175 e. The van der Waals surface area contributed by atoms with Crippen molar-refractivity contribution >= 4 is 10.9 Å². The number of hydrogen-bond donors (Lipinski definition) is 1. The van der Waals surface area contributed by atoms with Crippen LogP contribution in [0.1, 0.15) is 48.2 Å². The molecule has 0 saturated heterocycles. The lowest BCUT2D eigenvalue weighted by atomic mass is 10.0. The minimum Gasteiger partial charge on any atom is -0.351 e. The molecule has 4 heteroatoms. The molecule has 1 aromatic carbocycles. The van der Waals surface area contributed by atoms with Gasteiger partial charge in [-0.15, -0.1) is 0 Å². The van der Waals surface area contributed by atoms with Gasteiger partial charge in [0, 0.05) is 23.4 Å². The van der Waals surface area contributed by atoms with Gasteiger partial charge in [-0.2, -0.15) is 5.10 Å². The number of aromatic nitrogens is 4. The van der Waals surface area contributed by atoms with Crippen LogP contribution >= 0.6 is 0 Å². The summed E-state index contributed by atoms with van der Waals surface area (Å²) in [4.78, 5) is 8.46. The standard InChI is InChI=1S/C18H22N4/c1-5-22-18(20-17(21-22)13-8-9-13)16-12(4)14-10(2)6-7-11(3)15(14)19-16/h6-7,13,19H,5,8-9H2,1-4H3. The highest BCUT2D eigenvalue weighted by Gasteiger charge is 2.29. The first-order chi connectivity index (χ1) is 10.6. The van der Waals surface area contributed by atoms with Gasteiger partial charge in [-0.05, 0) is 57.2 Å². The van der Waals surface area contributed by atoms with E-state index in [1.165, 1.54) is 40.4 Å². The third-order valence-corrected chi connectivity index (χ3v) is 4.78. The van der Waals surface area contributed by atoms with Crippen LogP contribution in [0.4, 0.5) is 0 Å². The lowest BCUT2D eigenvalue weighted by Gasteiger charge is -2.02. The fourth-order valence-corrected chi connectivity index (χ4v) is 3.30. The van der Waals surface area contributed by atoms with Gasteiger partial charge >= 0.3 is 0 Å². The zero-order valence-corrected chi connectivity index (χ0v) is 13.7. The van der Waals surface area contributed by atoms with E-state index in [4.69, 9.17) is 10.1 Å². The van der Waals surface area contributed by atoms with Gasteiger partial charge in [0.25, 0.3) is 0 Å². The molecule has 0 radical (unpaired) electrons. The lowest BCUT2D eigenvalue weighted by molar-refractivity contribution is 0.652. The minimum absolute atomic E-state index is 0.583. The van der Waals surface area contributed by atoms with Gasteiger partial charge in [-0.25, -0.2) is 9.67 Å². The van der Waals surface area contributed by atoms with E-state index in [-0.39, 0.29) is 0 Å². The van der Waals surface area contributed by atoms with Crippen LogP contribution < -0.4 is 0 Å². The second-order valence-corrected chi connectivity index (χ2v) is 6.46. The normalized spacial score (nSPS) is 14.9. The molecule has 0 amide bonds. The molecule has 2 heterocycles. The molecule has 22 heavy (non-hydrogen) atoms. The molecule has 1 aliphatic rings. The Kier molecular flexibility index (Phi) is 2.90. The molecule has 1 N–H and O–H groups in total. The average molecular weight is 294 g/mol. The Bertz CT molecular complexity index is 865. The molecule has 114 valence electrons. The van der Waals surface area contributed by atoms with Gasteiger partial charge in [-0.1, -0.05) is 12.1 Å². The van der Waals surface area contributed by atoms with Crippen LogP contribution in [-0.2, 0) is 6.54 Å². The second kappa shape index (κ2) is 4.70. The van der Waals surface area contributed by atoms with Gasteiger partial charge in [0.15, 0.2) is 11.6 Å². The molecule has 4 nitrogen and oxygen atoms in total. The fourth-order valence-electron chi connectivity index (χ4n) is 3.30. The molecular formula is C18H22N4. The van der Waals surface area contributed by atoms with Crippen molar-refractivity contribution in [2.45, 2.75) is 53.0 Å². The number of benzene rings is 1. The molecule has 0 unspecified atom stereocenters. The smallest absolute Gasteiger partial charge is 0.175 e. The zero-order valence-electron chi connectivity index (χ0n) is 13.7. The molecule has 0 atom stereocenters. The maximum atomic E-state index is 4.85. The Hall–Kier alpha value is -2.10. The lowest BCUT2D eigenvalue weighted by Crippen LogP contribution is -2.00. The van der Waals surface area contributed by atoms with E-state index in [0.29, 0.717) is 5.92 Å². The summed E-state index contributed by atoms with van der Waals surface area (Å²) < 4.78 is 2.04. The van der Waals surface area contributed by atoms with E-state index in [9.17, 15) is 0 Å². The van der Waals surface area contributed by atoms with E-state index < -0.39 is 0 Å². The van der Waals surface area contributed by atoms with Gasteiger partial charge < -0.3 is 4.98 Å². The molecule has 0 aliphatic heterocycles. The fraction of sp³-hybridized carbons (Fsp3) is 0.444. The largest absolute Gasteiger partial charge is 0.351 e. The molecular weight excluding hydrogens is 272 g/mol. The SMILES string of the molecule is CCn1nc(C2CC2)nc1-c1[nH]c2c(C)ccc(C)c2c1C. The van der Waals surface area contributed by atoms with Crippen molar-refractivity contribution in [3.8, 4) is 11.5 Å². The molecule has 1 aliphatic carbocycles. The van der Waals surface area contributed by atoms with Crippen LogP contribution in [0.3, 0.4) is 0 Å². The molecule has 1 saturated carbocycles. The summed E-state index contributed by atoms with van der Waals surface area (Å²) in [5.74, 6) is 2.58. The maximum absolute atomic E-state index is 4.85. The van der Waals surface area contributed by atoms with E-state index >= 15 is 0 Å². The molecule has 3 aromatic rings. The molecule has 0 bridgehead atoms. The summed E-state index contributed by atoms with van der Waals surface area (Å²) in [6, 6.07) is 4.38. The Balaban J connectivity index is 1.96. The monoisotopic (exact) mass is 294 g/mol. The van der Waals surface area contributed by atoms with Crippen LogP contribution in [-0.4, -0.2) is 19.7 Å². The summed E-state index contributed by atoms with van der Waals surface area (Å²) in [6.07, 6.45) is 2.47. The van der Waals surface area contributed by atoms with Crippen molar-refractivity contribution in [2.75, 3.05) is 0 Å². The Morgan fingerprint density at radius 2 is 1.91 bits per heavy atom. The van der Waals surface area contributed by atoms with Crippen LogP contribution in [0.25, 0.3) is 22.4 Å². The molecule has 0 spiro atoms. The predicted octanol–water partition coefficient (Wildman–Crippen LogP) is 4.25. The summed E-state index contributed by atoms with van der Waals surface area (Å²) in [5, 5.41) is 6.04. The zero-order chi connectivity index (χ0) is 15.4. The third kappa shape index (κ3) is 1.90. The third-order valence-electron chi connectivity index (χ3n) is 4.78. The predicted molar refractivity (Wildman–Crippen MR) is 89.2 cm³/mol. The van der Waals surface area contributed by atoms with Gasteiger partial charge in [0.05, 0.1) is 5.69 Å². The Labute approximate surface area is 130 Å². The van der Waals surface area contributed by atoms with Gasteiger partial charge in [0.2, 0.25) is 0 Å². The highest BCUT2D eigenvalue weighted by atomic mass is 15.4. The summed E-state index contributed by atoms with van der Waals surface area (Å²) in [5.41, 5.74) is 6.21. The number of fused-ring (bicyclic) bond motifs is 1. The van der Waals surface area contributed by atoms with Crippen LogP contribution in [0.2, 0.25) is 0 Å². The van der Waals surface area contributed by atoms with E-state index in [0.717, 1.165) is 23.9 Å². The van der Waals surface area contributed by atoms with E-state index in [2.05, 4.69) is 44.8 Å². The average Bonchev–Trinajstić information content (AvgIpc) is 3.17. The van der Waals surface area contributed by atoms with Gasteiger partial charge in [-0.3, -0.25) is 0 Å². The van der Waals surface area contributed by atoms with Crippen LogP contribution in [0.15, 0.2) is 12.1 Å². The molecule has 1 fully saturated rings. The number of hydrogen-bond acceptors (Lipinski definition) is 2. The van der Waals surface area contributed by atoms with Gasteiger partial charge in [0.1, 0.15) is 0 Å². The minimum atomic E-state index is 0.583. The molecule has 4 rings (SSSR count). The van der Waals surface area contributed by atoms with Crippen molar-refractivity contribution in [1.29, 1.82) is 0 Å². The van der Waals surface area contributed by atoms with Crippen molar-refractivity contribution < 1.29 is 0 Å². The number of aryl methyl sites for hydroxylation is 4. The quantitative estimate of drug-likeness (QED) is 0.785. The Morgan fingerprint density at radius 1 is 1.18 bits per heavy atom. The summed E-state index contributed by atoms with van der Waals surface area (Å²) >= 11 is 0. The topological polar surface area (TPSA) is 46.5 Å². The number of nitrogens with one attached hydrogen (secondary N) is 1. The highest BCUT2D eigenvalue weighted by molar-refractivity contribution is 5.93. The van der Waals surface area contributed by atoms with Crippen LogP contribution in [0.5, 0.6) is 0 Å². The van der Waals surface area contributed by atoms with E-state index in [1.54, 1.807) is 0 Å². The number of H-pyrrole nitrogens is 1. The van der Waals surface area contributed by atoms with Crippen molar-refractivity contribution in [1.82, 2.24) is 19.7 Å². The van der Waals surface area contributed by atoms with E-state index in [1.807, 2.05) is 4.68 Å². The Morgan fingerprint density at radius 3 is 2.55 bits per heavy atom. The molecule has 2 aromatic heterocycles. The first-order valence-electron chi connectivity index (χ1n) is 8.13. The summed E-state index contributed by atoms with van der Waals surface area (Å²) in [6.45, 7) is 9.49. The van der Waals surface area contributed by atoms with Crippen molar-refractivity contribution in [2.24, 2.45) is 0 Å². The first kappa shape index (κ1) is 13.6. The second-order valence-electron chi connectivity index (χ2n) is 6.46. The summed E-state index contributed by atoms with van der Waals surface area (Å²) in [7, 11) is 0. The van der Waals surface area contributed by atoms with Crippen molar-refractivity contribution in [3.63, 3.8) is 0 Å². The number of rotatable bonds is 3. The number of nitrogens with zero attached hydrogens (tertiary/aromatic N) is 3.